The van der Waals surface area contributed by atoms with Crippen molar-refractivity contribution in [3.8, 4) is 5.75 Å². The fourth-order valence-electron chi connectivity index (χ4n) is 2.49. The van der Waals surface area contributed by atoms with E-state index >= 15 is 0 Å². The molecule has 0 heterocycles. The number of hydrogen-bond donors (Lipinski definition) is 0. The summed E-state index contributed by atoms with van der Waals surface area (Å²) in [6.07, 6.45) is -4.35. The first-order valence-corrected chi connectivity index (χ1v) is 8.03. The monoisotopic (exact) mass is 366 g/mol. The van der Waals surface area contributed by atoms with Gasteiger partial charge in [-0.25, -0.2) is 0 Å². The third kappa shape index (κ3) is 6.07. The minimum atomic E-state index is -4.40. The van der Waals surface area contributed by atoms with Crippen LogP contribution in [0.3, 0.4) is 0 Å². The molecule has 26 heavy (non-hydrogen) atoms. The quantitative estimate of drug-likeness (QED) is 0.721. The molecule has 0 fully saturated rings. The van der Waals surface area contributed by atoms with Crippen molar-refractivity contribution in [3.05, 3.63) is 65.7 Å². The molecule has 2 rings (SSSR count). The van der Waals surface area contributed by atoms with Gasteiger partial charge in [0, 0.05) is 19.5 Å². The molecule has 1 atom stereocenters. The van der Waals surface area contributed by atoms with Crippen LogP contribution >= 0.6 is 0 Å². The molecular formula is C19H19F3NO3-. The standard InChI is InChI=1S/C19H20F3NO3/c1-23(13-18(24)25)12-11-17(14-5-3-2-4-6-14)26-16-9-7-15(8-10-16)19(20,21)22/h2-10,17H,11-13H2,1H3,(H,24,25)/p-1/t17-/m0/s1. The van der Waals surface area contributed by atoms with Gasteiger partial charge in [-0.05, 0) is 36.9 Å². The van der Waals surface area contributed by atoms with Gasteiger partial charge in [-0.15, -0.1) is 0 Å². The molecule has 0 saturated heterocycles. The van der Waals surface area contributed by atoms with Crippen LogP contribution in [-0.4, -0.2) is 31.0 Å². The lowest BCUT2D eigenvalue weighted by atomic mass is 10.1. The van der Waals surface area contributed by atoms with Crippen LogP contribution in [0.1, 0.15) is 23.7 Å². The predicted molar refractivity (Wildman–Crippen MR) is 88.4 cm³/mol. The van der Waals surface area contributed by atoms with Gasteiger partial charge in [0.1, 0.15) is 11.9 Å². The lowest BCUT2D eigenvalue weighted by Crippen LogP contribution is -2.36. The Morgan fingerprint density at radius 2 is 1.73 bits per heavy atom. The van der Waals surface area contributed by atoms with Crippen molar-refractivity contribution >= 4 is 5.97 Å². The first kappa shape index (κ1) is 19.8. The largest absolute Gasteiger partial charge is 0.549 e. The van der Waals surface area contributed by atoms with Gasteiger partial charge in [0.25, 0.3) is 0 Å². The molecule has 0 bridgehead atoms. The topological polar surface area (TPSA) is 52.6 Å². The lowest BCUT2D eigenvalue weighted by molar-refractivity contribution is -0.306. The number of alkyl halides is 3. The van der Waals surface area contributed by atoms with Gasteiger partial charge in [0.05, 0.1) is 11.5 Å². The second-order valence-corrected chi connectivity index (χ2v) is 5.94. The molecule has 0 saturated carbocycles. The maximum atomic E-state index is 12.7. The van der Waals surface area contributed by atoms with E-state index in [9.17, 15) is 23.1 Å². The van der Waals surface area contributed by atoms with E-state index in [0.717, 1.165) is 17.7 Å². The molecule has 0 aromatic heterocycles. The summed E-state index contributed by atoms with van der Waals surface area (Å²) in [4.78, 5) is 12.2. The number of nitrogens with zero attached hydrogens (tertiary/aromatic N) is 1. The van der Waals surface area contributed by atoms with Crippen molar-refractivity contribution in [2.24, 2.45) is 0 Å². The number of carbonyl (C=O) groups is 1. The number of likely N-dealkylation sites (N-methyl/N-ethyl adjacent to an activating group) is 1. The molecule has 0 radical (unpaired) electrons. The van der Waals surface area contributed by atoms with Crippen molar-refractivity contribution in [3.63, 3.8) is 0 Å². The van der Waals surface area contributed by atoms with Gasteiger partial charge < -0.3 is 19.5 Å². The average Bonchev–Trinajstić information content (AvgIpc) is 2.58. The molecule has 0 unspecified atom stereocenters. The van der Waals surface area contributed by atoms with Gasteiger partial charge in [-0.2, -0.15) is 13.2 Å². The highest BCUT2D eigenvalue weighted by Gasteiger charge is 2.30. The van der Waals surface area contributed by atoms with Crippen LogP contribution in [0.5, 0.6) is 5.75 Å². The molecular weight excluding hydrogens is 347 g/mol. The highest BCUT2D eigenvalue weighted by atomic mass is 19.4. The smallest absolute Gasteiger partial charge is 0.416 e. The molecule has 0 spiro atoms. The number of rotatable bonds is 8. The summed E-state index contributed by atoms with van der Waals surface area (Å²) in [5.74, 6) is -0.859. The van der Waals surface area contributed by atoms with Gasteiger partial charge in [-0.1, -0.05) is 30.3 Å². The van der Waals surface area contributed by atoms with Crippen LogP contribution in [0, 0.1) is 0 Å². The third-order valence-electron chi connectivity index (χ3n) is 3.80. The van der Waals surface area contributed by atoms with Crippen LogP contribution in [-0.2, 0) is 11.0 Å². The van der Waals surface area contributed by atoms with Crippen LogP contribution in [0.4, 0.5) is 13.2 Å². The highest BCUT2D eigenvalue weighted by molar-refractivity contribution is 5.66. The Labute approximate surface area is 149 Å². The zero-order valence-electron chi connectivity index (χ0n) is 14.2. The zero-order valence-corrected chi connectivity index (χ0v) is 14.2. The first-order chi connectivity index (χ1) is 12.3. The number of ether oxygens (including phenoxy) is 1. The fourth-order valence-corrected chi connectivity index (χ4v) is 2.49. The SMILES string of the molecule is CN(CC[C@H](Oc1ccc(C(F)(F)F)cc1)c1ccccc1)CC(=O)[O-]. The molecule has 0 aliphatic carbocycles. The molecule has 4 nitrogen and oxygen atoms in total. The molecule has 2 aromatic rings. The van der Waals surface area contributed by atoms with Crippen LogP contribution in [0.15, 0.2) is 54.6 Å². The number of carbonyl (C=O) groups excluding carboxylic acids is 1. The Balaban J connectivity index is 2.10. The molecule has 0 amide bonds. The first-order valence-electron chi connectivity index (χ1n) is 8.03. The minimum Gasteiger partial charge on any atom is -0.549 e. The summed E-state index contributed by atoms with van der Waals surface area (Å²) in [5, 5.41) is 10.7. The number of benzene rings is 2. The Kier molecular flexibility index (Phi) is 6.63. The third-order valence-corrected chi connectivity index (χ3v) is 3.80. The van der Waals surface area contributed by atoms with Gasteiger partial charge >= 0.3 is 6.18 Å². The molecule has 0 aliphatic heterocycles. The molecule has 0 N–H and O–H groups in total. The van der Waals surface area contributed by atoms with E-state index in [0.29, 0.717) is 18.7 Å². The maximum absolute atomic E-state index is 12.7. The predicted octanol–water partition coefficient (Wildman–Crippen LogP) is 2.90. The van der Waals surface area contributed by atoms with E-state index in [1.165, 1.54) is 12.1 Å². The number of aliphatic carboxylic acids is 1. The second kappa shape index (κ2) is 8.71. The van der Waals surface area contributed by atoms with Crippen molar-refractivity contribution < 1.29 is 27.8 Å². The van der Waals surface area contributed by atoms with Crippen LogP contribution in [0.25, 0.3) is 0 Å². The minimum absolute atomic E-state index is 0.207. The highest BCUT2D eigenvalue weighted by Crippen LogP contribution is 2.32. The Bertz CT molecular complexity index is 702. The fraction of sp³-hybridized carbons (Fsp3) is 0.316. The van der Waals surface area contributed by atoms with Crippen LogP contribution in [0.2, 0.25) is 0 Å². The number of halogens is 3. The lowest BCUT2D eigenvalue weighted by Gasteiger charge is -2.23. The summed E-state index contributed by atoms with van der Waals surface area (Å²) < 4.78 is 43.9. The Morgan fingerprint density at radius 3 is 2.27 bits per heavy atom. The zero-order chi connectivity index (χ0) is 19.2. The van der Waals surface area contributed by atoms with Crippen LogP contribution < -0.4 is 9.84 Å². The average molecular weight is 366 g/mol. The summed E-state index contributed by atoms with van der Waals surface area (Å²) >= 11 is 0. The van der Waals surface area contributed by atoms with Crippen molar-refractivity contribution in [1.29, 1.82) is 0 Å². The van der Waals surface area contributed by atoms with Gasteiger partial charge in [0.15, 0.2) is 0 Å². The van der Waals surface area contributed by atoms with Gasteiger partial charge in [-0.3, -0.25) is 0 Å². The number of carboxylic acid groups (broad SMARTS) is 1. The number of carboxylic acids is 1. The summed E-state index contributed by atoms with van der Waals surface area (Å²) in [7, 11) is 1.65. The summed E-state index contributed by atoms with van der Waals surface area (Å²) in [6, 6.07) is 13.7. The van der Waals surface area contributed by atoms with Crippen molar-refractivity contribution in [1.82, 2.24) is 4.90 Å². The van der Waals surface area contributed by atoms with E-state index < -0.39 is 23.8 Å². The van der Waals surface area contributed by atoms with Gasteiger partial charge in [0.2, 0.25) is 0 Å². The Morgan fingerprint density at radius 1 is 1.12 bits per heavy atom. The van der Waals surface area contributed by atoms with E-state index in [1.807, 2.05) is 30.3 Å². The van der Waals surface area contributed by atoms with Crippen molar-refractivity contribution in [2.45, 2.75) is 18.7 Å². The van der Waals surface area contributed by atoms with Crippen molar-refractivity contribution in [2.75, 3.05) is 20.1 Å². The van der Waals surface area contributed by atoms with E-state index in [1.54, 1.807) is 11.9 Å². The van der Waals surface area contributed by atoms with E-state index in [4.69, 9.17) is 4.74 Å². The second-order valence-electron chi connectivity index (χ2n) is 5.94. The molecule has 140 valence electrons. The summed E-state index contributed by atoms with van der Waals surface area (Å²) in [6.45, 7) is 0.218. The molecule has 0 aliphatic rings. The summed E-state index contributed by atoms with van der Waals surface area (Å²) in [5.41, 5.74) is 0.115. The number of hydrogen-bond acceptors (Lipinski definition) is 4. The normalized spacial score (nSPS) is 12.8. The molecule has 7 heteroatoms. The molecule has 2 aromatic carbocycles. The van der Waals surface area contributed by atoms with E-state index in [2.05, 4.69) is 0 Å². The Hall–Kier alpha value is -2.54. The van der Waals surface area contributed by atoms with E-state index in [-0.39, 0.29) is 6.54 Å². The maximum Gasteiger partial charge on any atom is 0.416 e.